The normalized spacial score (nSPS) is 13.3. The summed E-state index contributed by atoms with van der Waals surface area (Å²) in [5, 5.41) is 18.8. The quantitative estimate of drug-likeness (QED) is 0.747. The molecule has 23 heavy (non-hydrogen) atoms. The zero-order valence-electron chi connectivity index (χ0n) is 13.0. The van der Waals surface area contributed by atoms with Crippen LogP contribution in [0.3, 0.4) is 0 Å². The molecule has 0 aliphatic heterocycles. The minimum Gasteiger partial charge on any atom is -0.480 e. The molecule has 3 N–H and O–H groups in total. The molecule has 2 rings (SSSR count). The molecule has 122 valence electrons. The molecule has 2 aromatic rings. The second-order valence-electron chi connectivity index (χ2n) is 5.28. The molecule has 1 aromatic heterocycles. The lowest BCUT2D eigenvalue weighted by atomic mass is 10.2. The van der Waals surface area contributed by atoms with Crippen molar-refractivity contribution in [3.05, 3.63) is 30.0 Å². The van der Waals surface area contributed by atoms with E-state index in [1.165, 1.54) is 20.9 Å². The molecule has 2 unspecified atom stereocenters. The van der Waals surface area contributed by atoms with Crippen molar-refractivity contribution >= 4 is 28.7 Å². The molecule has 0 saturated heterocycles. The van der Waals surface area contributed by atoms with Gasteiger partial charge in [0.25, 0.3) is 5.91 Å². The zero-order valence-corrected chi connectivity index (χ0v) is 13.0. The highest BCUT2D eigenvalue weighted by molar-refractivity contribution is 6.06. The van der Waals surface area contributed by atoms with Gasteiger partial charge in [-0.3, -0.25) is 14.7 Å². The van der Waals surface area contributed by atoms with Crippen LogP contribution in [-0.4, -0.2) is 57.1 Å². The van der Waals surface area contributed by atoms with Gasteiger partial charge in [-0.15, -0.1) is 0 Å². The van der Waals surface area contributed by atoms with E-state index >= 15 is 0 Å². The van der Waals surface area contributed by atoms with Crippen molar-refractivity contribution in [2.75, 3.05) is 7.05 Å². The van der Waals surface area contributed by atoms with E-state index in [-0.39, 0.29) is 5.69 Å². The summed E-state index contributed by atoms with van der Waals surface area (Å²) in [4.78, 5) is 36.5. The van der Waals surface area contributed by atoms with Gasteiger partial charge in [0.05, 0.1) is 5.52 Å². The van der Waals surface area contributed by atoms with Crippen LogP contribution in [0, 0.1) is 0 Å². The maximum Gasteiger partial charge on any atom is 0.326 e. The zero-order chi connectivity index (χ0) is 17.1. The standard InChI is InChI=1S/C15H18N4O4/c1-8(14(21)19(3)9(2)15(22)23)16-13(20)12-10-6-4-5-7-11(10)17-18-12/h4-9H,1-3H3,(H,16,20)(H,17,18)(H,22,23). The first-order valence-corrected chi connectivity index (χ1v) is 7.06. The number of H-pyrrole nitrogens is 1. The van der Waals surface area contributed by atoms with Crippen LogP contribution >= 0.6 is 0 Å². The number of nitrogens with zero attached hydrogens (tertiary/aromatic N) is 2. The number of para-hydroxylation sites is 1. The number of hydrogen-bond donors (Lipinski definition) is 3. The second kappa shape index (κ2) is 6.47. The van der Waals surface area contributed by atoms with E-state index in [4.69, 9.17) is 5.11 Å². The first kappa shape index (κ1) is 16.5. The number of aliphatic carboxylic acids is 1. The molecule has 2 atom stereocenters. The predicted octanol–water partition coefficient (Wildman–Crippen LogP) is 0.613. The van der Waals surface area contributed by atoms with Crippen LogP contribution in [0.2, 0.25) is 0 Å². The molecular weight excluding hydrogens is 300 g/mol. The van der Waals surface area contributed by atoms with Gasteiger partial charge in [-0.05, 0) is 19.9 Å². The van der Waals surface area contributed by atoms with Crippen molar-refractivity contribution in [1.82, 2.24) is 20.4 Å². The van der Waals surface area contributed by atoms with Gasteiger partial charge in [0.2, 0.25) is 5.91 Å². The lowest BCUT2D eigenvalue weighted by Crippen LogP contribution is -2.50. The van der Waals surface area contributed by atoms with Crippen molar-refractivity contribution in [2.24, 2.45) is 0 Å². The van der Waals surface area contributed by atoms with E-state index in [0.29, 0.717) is 10.9 Å². The third-order valence-electron chi connectivity index (χ3n) is 3.69. The number of amides is 2. The molecule has 0 saturated carbocycles. The Morgan fingerprint density at radius 3 is 2.57 bits per heavy atom. The summed E-state index contributed by atoms with van der Waals surface area (Å²) in [6, 6.07) is 5.29. The number of carboxylic acid groups (broad SMARTS) is 1. The maximum atomic E-state index is 12.3. The Bertz CT molecular complexity index is 755. The molecule has 8 heteroatoms. The van der Waals surface area contributed by atoms with Gasteiger partial charge in [0.1, 0.15) is 12.1 Å². The SMILES string of the molecule is CC(NC(=O)c1n[nH]c2ccccc12)C(=O)N(C)C(C)C(=O)O. The molecular formula is C15H18N4O4. The third kappa shape index (κ3) is 3.31. The molecule has 8 nitrogen and oxygen atoms in total. The molecule has 1 heterocycles. The monoisotopic (exact) mass is 318 g/mol. The summed E-state index contributed by atoms with van der Waals surface area (Å²) in [5.41, 5.74) is 0.905. The van der Waals surface area contributed by atoms with E-state index in [1.807, 2.05) is 6.07 Å². The van der Waals surface area contributed by atoms with E-state index in [2.05, 4.69) is 15.5 Å². The topological polar surface area (TPSA) is 115 Å². The summed E-state index contributed by atoms with van der Waals surface area (Å²) in [6.45, 7) is 2.90. The van der Waals surface area contributed by atoms with Crippen molar-refractivity contribution in [2.45, 2.75) is 25.9 Å². The number of carbonyl (C=O) groups is 3. The number of aromatic nitrogens is 2. The van der Waals surface area contributed by atoms with Gasteiger partial charge < -0.3 is 15.3 Å². The molecule has 1 aromatic carbocycles. The van der Waals surface area contributed by atoms with Crippen molar-refractivity contribution in [1.29, 1.82) is 0 Å². The number of rotatable bonds is 5. The number of carboxylic acids is 1. The van der Waals surface area contributed by atoms with Gasteiger partial charge in [-0.2, -0.15) is 5.10 Å². The summed E-state index contributed by atoms with van der Waals surface area (Å²) in [7, 11) is 1.38. The van der Waals surface area contributed by atoms with Crippen LogP contribution < -0.4 is 5.32 Å². The van der Waals surface area contributed by atoms with E-state index < -0.39 is 29.9 Å². The van der Waals surface area contributed by atoms with Gasteiger partial charge >= 0.3 is 5.97 Å². The minimum absolute atomic E-state index is 0.189. The number of fused-ring (bicyclic) bond motifs is 1. The van der Waals surface area contributed by atoms with Gasteiger partial charge in [0.15, 0.2) is 5.69 Å². The molecule has 0 bridgehead atoms. The minimum atomic E-state index is -1.11. The van der Waals surface area contributed by atoms with Crippen molar-refractivity contribution < 1.29 is 19.5 Å². The Hall–Kier alpha value is -2.90. The fourth-order valence-corrected chi connectivity index (χ4v) is 2.13. The van der Waals surface area contributed by atoms with Crippen molar-refractivity contribution in [3.63, 3.8) is 0 Å². The number of benzene rings is 1. The Kier molecular flexibility index (Phi) is 4.63. The molecule has 0 fully saturated rings. The lowest BCUT2D eigenvalue weighted by Gasteiger charge is -2.25. The maximum absolute atomic E-state index is 12.3. The summed E-state index contributed by atoms with van der Waals surface area (Å²) >= 11 is 0. The largest absolute Gasteiger partial charge is 0.480 e. The van der Waals surface area contributed by atoms with E-state index in [0.717, 1.165) is 4.90 Å². The number of carbonyl (C=O) groups excluding carboxylic acids is 2. The lowest BCUT2D eigenvalue weighted by molar-refractivity contribution is -0.148. The van der Waals surface area contributed by atoms with Crippen molar-refractivity contribution in [3.8, 4) is 0 Å². The Labute approximate surface area is 132 Å². The van der Waals surface area contributed by atoms with E-state index in [1.54, 1.807) is 18.2 Å². The van der Waals surface area contributed by atoms with Crippen LogP contribution in [0.5, 0.6) is 0 Å². The van der Waals surface area contributed by atoms with Crippen LogP contribution in [0.4, 0.5) is 0 Å². The van der Waals surface area contributed by atoms with Gasteiger partial charge in [-0.1, -0.05) is 18.2 Å². The smallest absolute Gasteiger partial charge is 0.326 e. The summed E-state index contributed by atoms with van der Waals surface area (Å²) in [5.74, 6) is -2.11. The highest BCUT2D eigenvalue weighted by Gasteiger charge is 2.27. The molecule has 0 radical (unpaired) electrons. The number of likely N-dealkylation sites (N-methyl/N-ethyl adjacent to an activating group) is 1. The molecule has 0 aliphatic rings. The molecule has 0 spiro atoms. The number of hydrogen-bond acceptors (Lipinski definition) is 4. The Morgan fingerprint density at radius 2 is 1.91 bits per heavy atom. The Morgan fingerprint density at radius 1 is 1.26 bits per heavy atom. The third-order valence-corrected chi connectivity index (χ3v) is 3.69. The van der Waals surface area contributed by atoms with Gasteiger partial charge in [0, 0.05) is 12.4 Å². The van der Waals surface area contributed by atoms with E-state index in [9.17, 15) is 14.4 Å². The fraction of sp³-hybridized carbons (Fsp3) is 0.333. The first-order chi connectivity index (χ1) is 10.8. The second-order valence-corrected chi connectivity index (χ2v) is 5.28. The van der Waals surface area contributed by atoms with Crippen LogP contribution in [0.25, 0.3) is 10.9 Å². The predicted molar refractivity (Wildman–Crippen MR) is 82.9 cm³/mol. The highest BCUT2D eigenvalue weighted by Crippen LogP contribution is 2.15. The number of nitrogens with one attached hydrogen (secondary N) is 2. The van der Waals surface area contributed by atoms with Crippen LogP contribution in [0.15, 0.2) is 24.3 Å². The summed E-state index contributed by atoms with van der Waals surface area (Å²) < 4.78 is 0. The average molecular weight is 318 g/mol. The summed E-state index contributed by atoms with van der Waals surface area (Å²) in [6.07, 6.45) is 0. The Balaban J connectivity index is 2.10. The molecule has 0 aliphatic carbocycles. The van der Waals surface area contributed by atoms with Crippen LogP contribution in [-0.2, 0) is 9.59 Å². The highest BCUT2D eigenvalue weighted by atomic mass is 16.4. The number of aromatic amines is 1. The first-order valence-electron chi connectivity index (χ1n) is 7.06. The molecule has 2 amide bonds. The average Bonchev–Trinajstić information content (AvgIpc) is 2.96. The van der Waals surface area contributed by atoms with Crippen LogP contribution in [0.1, 0.15) is 24.3 Å². The van der Waals surface area contributed by atoms with Gasteiger partial charge in [-0.25, -0.2) is 4.79 Å². The fourth-order valence-electron chi connectivity index (χ4n) is 2.13.